The molecule has 2 heterocycles. The zero-order valence-electron chi connectivity index (χ0n) is 19.9. The molecule has 1 aliphatic heterocycles. The molecule has 0 fully saturated rings. The van der Waals surface area contributed by atoms with Crippen molar-refractivity contribution in [2.75, 3.05) is 25.6 Å². The van der Waals surface area contributed by atoms with E-state index < -0.39 is 12.0 Å². The van der Waals surface area contributed by atoms with Crippen molar-refractivity contribution in [2.45, 2.75) is 26.3 Å². The SMILES string of the molecule is CCOC(=O)C1=C(C)N=c2s/c(=C\Cc3cc(Cl)ccc3O)c(=O)n2[C@H]1c1ccc(N(C)C)cc1. The summed E-state index contributed by atoms with van der Waals surface area (Å²) in [6.07, 6.45) is 2.08. The van der Waals surface area contributed by atoms with E-state index in [1.165, 1.54) is 17.4 Å². The Bertz CT molecular complexity index is 1490. The van der Waals surface area contributed by atoms with Crippen LogP contribution < -0.4 is 19.8 Å². The van der Waals surface area contributed by atoms with Gasteiger partial charge in [0.2, 0.25) is 0 Å². The lowest BCUT2D eigenvalue weighted by Gasteiger charge is -2.25. The highest BCUT2D eigenvalue weighted by Crippen LogP contribution is 2.31. The van der Waals surface area contributed by atoms with E-state index in [2.05, 4.69) is 4.99 Å². The Morgan fingerprint density at radius 2 is 1.97 bits per heavy atom. The monoisotopic (exact) mass is 511 g/mol. The number of allylic oxidation sites excluding steroid dienone is 1. The van der Waals surface area contributed by atoms with Crippen LogP contribution in [0.15, 0.2) is 63.5 Å². The summed E-state index contributed by atoms with van der Waals surface area (Å²) in [5, 5.41) is 10.6. The van der Waals surface area contributed by atoms with Gasteiger partial charge in [-0.3, -0.25) is 9.36 Å². The minimum Gasteiger partial charge on any atom is -0.508 e. The molecule has 35 heavy (non-hydrogen) atoms. The van der Waals surface area contributed by atoms with Gasteiger partial charge in [-0.1, -0.05) is 41.1 Å². The predicted molar refractivity (Wildman–Crippen MR) is 139 cm³/mol. The molecule has 1 N–H and O–H groups in total. The van der Waals surface area contributed by atoms with Crippen molar-refractivity contribution >= 4 is 40.7 Å². The number of benzene rings is 2. The standard InChI is InChI=1S/C26H26ClN3O4S/c1-5-34-25(33)22-15(2)28-26-30(23(22)16-6-10-19(11-7-16)29(3)4)24(32)21(35-26)13-8-17-14-18(27)9-12-20(17)31/h6-7,9-14,23,31H,5,8H2,1-4H3/b21-13-/t23-/m0/s1. The summed E-state index contributed by atoms with van der Waals surface area (Å²) in [6, 6.07) is 11.9. The molecule has 0 spiro atoms. The van der Waals surface area contributed by atoms with Gasteiger partial charge in [0.25, 0.3) is 5.56 Å². The van der Waals surface area contributed by atoms with Gasteiger partial charge in [0, 0.05) is 24.8 Å². The molecule has 1 aliphatic rings. The molecule has 0 amide bonds. The average Bonchev–Trinajstić information content (AvgIpc) is 3.13. The Morgan fingerprint density at radius 1 is 1.26 bits per heavy atom. The fourth-order valence-electron chi connectivity index (χ4n) is 4.02. The molecule has 7 nitrogen and oxygen atoms in total. The van der Waals surface area contributed by atoms with Crippen LogP contribution in [0, 0.1) is 0 Å². The van der Waals surface area contributed by atoms with Crippen LogP contribution in [-0.2, 0) is 16.0 Å². The van der Waals surface area contributed by atoms with Crippen LogP contribution in [0.3, 0.4) is 0 Å². The Morgan fingerprint density at radius 3 is 2.63 bits per heavy atom. The fourth-order valence-corrected chi connectivity index (χ4v) is 5.23. The number of phenolic OH excluding ortho intramolecular Hbond substituents is 1. The first kappa shape index (κ1) is 24.8. The number of halogens is 1. The third-order valence-corrected chi connectivity index (χ3v) is 7.06. The van der Waals surface area contributed by atoms with Gasteiger partial charge in [-0.05, 0) is 61.7 Å². The summed E-state index contributed by atoms with van der Waals surface area (Å²) in [5.41, 5.74) is 3.00. The summed E-state index contributed by atoms with van der Waals surface area (Å²) in [7, 11) is 3.90. The lowest BCUT2D eigenvalue weighted by molar-refractivity contribution is -0.139. The highest BCUT2D eigenvalue weighted by atomic mass is 35.5. The number of hydrogen-bond acceptors (Lipinski definition) is 7. The number of anilines is 1. The van der Waals surface area contributed by atoms with Gasteiger partial charge in [0.15, 0.2) is 4.80 Å². The predicted octanol–water partition coefficient (Wildman–Crippen LogP) is 3.42. The third-order valence-electron chi connectivity index (χ3n) is 5.79. The van der Waals surface area contributed by atoms with E-state index in [0.717, 1.165) is 11.3 Å². The van der Waals surface area contributed by atoms with Gasteiger partial charge in [-0.25, -0.2) is 9.79 Å². The highest BCUT2D eigenvalue weighted by molar-refractivity contribution is 7.07. The van der Waals surface area contributed by atoms with Crippen LogP contribution in [0.1, 0.15) is 31.0 Å². The van der Waals surface area contributed by atoms with E-state index in [4.69, 9.17) is 16.3 Å². The molecule has 1 aromatic heterocycles. The zero-order chi connectivity index (χ0) is 25.3. The molecule has 0 aliphatic carbocycles. The first-order chi connectivity index (χ1) is 16.7. The van der Waals surface area contributed by atoms with E-state index in [-0.39, 0.29) is 17.9 Å². The number of nitrogens with zero attached hydrogens (tertiary/aromatic N) is 3. The van der Waals surface area contributed by atoms with Crippen molar-refractivity contribution in [2.24, 2.45) is 4.99 Å². The van der Waals surface area contributed by atoms with Gasteiger partial charge in [-0.2, -0.15) is 0 Å². The molecule has 0 radical (unpaired) electrons. The molecule has 0 saturated heterocycles. The van der Waals surface area contributed by atoms with Crippen LogP contribution in [0.25, 0.3) is 6.08 Å². The number of carbonyl (C=O) groups excluding carboxylic acids is 1. The number of phenols is 1. The second-order valence-electron chi connectivity index (χ2n) is 8.33. The summed E-state index contributed by atoms with van der Waals surface area (Å²) in [5.74, 6) is -0.383. The van der Waals surface area contributed by atoms with Crippen molar-refractivity contribution in [1.29, 1.82) is 0 Å². The molecular weight excluding hydrogens is 486 g/mol. The normalized spacial score (nSPS) is 15.6. The maximum Gasteiger partial charge on any atom is 0.338 e. The lowest BCUT2D eigenvalue weighted by atomic mass is 9.95. The van der Waals surface area contributed by atoms with Crippen LogP contribution >= 0.6 is 22.9 Å². The molecule has 2 aromatic carbocycles. The van der Waals surface area contributed by atoms with Crippen molar-refractivity contribution in [3.05, 3.63) is 89.6 Å². The smallest absolute Gasteiger partial charge is 0.338 e. The Kier molecular flexibility index (Phi) is 7.14. The van der Waals surface area contributed by atoms with Crippen LogP contribution in [0.5, 0.6) is 5.75 Å². The molecule has 1 atom stereocenters. The topological polar surface area (TPSA) is 84.1 Å². The van der Waals surface area contributed by atoms with Gasteiger partial charge in [0.05, 0.1) is 28.5 Å². The van der Waals surface area contributed by atoms with Crippen molar-refractivity contribution in [3.63, 3.8) is 0 Å². The molecule has 0 unspecified atom stereocenters. The molecule has 4 rings (SSSR count). The molecule has 3 aromatic rings. The molecule has 9 heteroatoms. The average molecular weight is 512 g/mol. The minimum atomic E-state index is -0.664. The number of rotatable bonds is 6. The van der Waals surface area contributed by atoms with Gasteiger partial charge in [-0.15, -0.1) is 0 Å². The molecule has 182 valence electrons. The summed E-state index contributed by atoms with van der Waals surface area (Å²) >= 11 is 7.31. The van der Waals surface area contributed by atoms with E-state index >= 15 is 0 Å². The highest BCUT2D eigenvalue weighted by Gasteiger charge is 2.33. The van der Waals surface area contributed by atoms with Crippen LogP contribution in [0.2, 0.25) is 5.02 Å². The number of ether oxygens (including phenoxy) is 1. The Balaban J connectivity index is 1.86. The number of thiazole rings is 1. The summed E-state index contributed by atoms with van der Waals surface area (Å²) < 4.78 is 7.35. The molecular formula is C26H26ClN3O4S. The number of aromatic hydroxyl groups is 1. The molecule has 0 saturated carbocycles. The number of fused-ring (bicyclic) bond motifs is 1. The second-order valence-corrected chi connectivity index (χ2v) is 9.77. The number of aromatic nitrogens is 1. The maximum atomic E-state index is 13.6. The van der Waals surface area contributed by atoms with E-state index in [0.29, 0.717) is 37.6 Å². The third kappa shape index (κ3) is 4.90. The first-order valence-electron chi connectivity index (χ1n) is 11.1. The zero-order valence-corrected chi connectivity index (χ0v) is 21.5. The quantitative estimate of drug-likeness (QED) is 0.513. The Hall–Kier alpha value is -3.36. The van der Waals surface area contributed by atoms with Crippen molar-refractivity contribution < 1.29 is 14.6 Å². The largest absolute Gasteiger partial charge is 0.508 e. The summed E-state index contributed by atoms with van der Waals surface area (Å²) in [6.45, 7) is 3.72. The van der Waals surface area contributed by atoms with Crippen LogP contribution in [-0.4, -0.2) is 36.3 Å². The van der Waals surface area contributed by atoms with Crippen molar-refractivity contribution in [3.8, 4) is 5.75 Å². The van der Waals surface area contributed by atoms with Crippen LogP contribution in [0.4, 0.5) is 5.69 Å². The van der Waals surface area contributed by atoms with Gasteiger partial charge < -0.3 is 14.7 Å². The summed E-state index contributed by atoms with van der Waals surface area (Å²) in [4.78, 5) is 33.6. The fraction of sp³-hybridized carbons (Fsp3) is 0.269. The lowest BCUT2D eigenvalue weighted by Crippen LogP contribution is -2.40. The van der Waals surface area contributed by atoms with E-state index in [9.17, 15) is 14.7 Å². The minimum absolute atomic E-state index is 0.109. The van der Waals surface area contributed by atoms with Gasteiger partial charge >= 0.3 is 5.97 Å². The van der Waals surface area contributed by atoms with E-state index in [1.54, 1.807) is 36.6 Å². The van der Waals surface area contributed by atoms with Gasteiger partial charge in [0.1, 0.15) is 5.75 Å². The number of esters is 1. The second kappa shape index (κ2) is 10.1. The number of hydrogen-bond donors (Lipinski definition) is 1. The Labute approximate surface area is 211 Å². The molecule has 0 bridgehead atoms. The first-order valence-corrected chi connectivity index (χ1v) is 12.3. The maximum absolute atomic E-state index is 13.6. The van der Waals surface area contributed by atoms with Crippen molar-refractivity contribution in [1.82, 2.24) is 4.57 Å². The number of carbonyl (C=O) groups is 1. The van der Waals surface area contributed by atoms with E-state index in [1.807, 2.05) is 43.3 Å².